The molecule has 18 heavy (non-hydrogen) atoms. The van der Waals surface area contributed by atoms with Crippen molar-refractivity contribution in [3.05, 3.63) is 35.2 Å². The van der Waals surface area contributed by atoms with Gasteiger partial charge in [0.25, 0.3) is 5.91 Å². The van der Waals surface area contributed by atoms with Crippen molar-refractivity contribution in [2.45, 2.75) is 13.8 Å². The van der Waals surface area contributed by atoms with E-state index in [1.807, 2.05) is 13.8 Å². The Morgan fingerprint density at radius 2 is 1.89 bits per heavy atom. The van der Waals surface area contributed by atoms with Crippen LogP contribution in [0.4, 0.5) is 0 Å². The summed E-state index contributed by atoms with van der Waals surface area (Å²) >= 11 is 0. The molecule has 0 spiro atoms. The van der Waals surface area contributed by atoms with Crippen LogP contribution in [0.1, 0.15) is 21.7 Å². The third kappa shape index (κ3) is 2.46. The zero-order chi connectivity index (χ0) is 13.1. The van der Waals surface area contributed by atoms with Crippen LogP contribution < -0.4 is 5.32 Å². The summed E-state index contributed by atoms with van der Waals surface area (Å²) in [4.78, 5) is 20.5. The zero-order valence-electron chi connectivity index (χ0n) is 10.4. The predicted octanol–water partition coefficient (Wildman–Crippen LogP) is 0.969. The predicted molar refractivity (Wildman–Crippen MR) is 68.4 cm³/mol. The zero-order valence-corrected chi connectivity index (χ0v) is 10.4. The van der Waals surface area contributed by atoms with Gasteiger partial charge in [-0.05, 0) is 32.0 Å². The number of hydrogen-bond acceptors (Lipinski definition) is 4. The first-order chi connectivity index (χ1) is 8.61. The summed E-state index contributed by atoms with van der Waals surface area (Å²) in [6, 6.07) is 5.20. The van der Waals surface area contributed by atoms with E-state index in [1.54, 1.807) is 18.2 Å². The van der Waals surface area contributed by atoms with Crippen LogP contribution in [-0.2, 0) is 0 Å². The van der Waals surface area contributed by atoms with E-state index in [2.05, 4.69) is 15.3 Å². The number of amides is 1. The van der Waals surface area contributed by atoms with Gasteiger partial charge in [-0.2, -0.15) is 0 Å². The number of rotatable bonds is 3. The van der Waals surface area contributed by atoms with Gasteiger partial charge in [-0.25, -0.2) is 9.97 Å². The summed E-state index contributed by atoms with van der Waals surface area (Å²) in [5.41, 5.74) is 3.75. The molecule has 0 aliphatic rings. The number of nitrogens with zero attached hydrogens (tertiary/aromatic N) is 2. The number of aliphatic hydroxyl groups is 1. The van der Waals surface area contributed by atoms with Crippen LogP contribution in [0, 0.1) is 13.8 Å². The van der Waals surface area contributed by atoms with Crippen LogP contribution in [-0.4, -0.2) is 34.1 Å². The van der Waals surface area contributed by atoms with Crippen LogP contribution in [0.15, 0.2) is 18.2 Å². The Hall–Kier alpha value is -2.01. The molecule has 0 unspecified atom stereocenters. The topological polar surface area (TPSA) is 75.1 Å². The van der Waals surface area contributed by atoms with E-state index in [9.17, 15) is 4.79 Å². The lowest BCUT2D eigenvalue weighted by atomic mass is 10.1. The van der Waals surface area contributed by atoms with E-state index in [4.69, 9.17) is 5.11 Å². The molecule has 1 aromatic carbocycles. The highest BCUT2D eigenvalue weighted by atomic mass is 16.3. The monoisotopic (exact) mass is 245 g/mol. The van der Waals surface area contributed by atoms with Crippen molar-refractivity contribution in [3.63, 3.8) is 0 Å². The SMILES string of the molecule is Cc1nc2ccc(C(=O)NCCO)cc2nc1C. The van der Waals surface area contributed by atoms with E-state index in [-0.39, 0.29) is 19.1 Å². The Morgan fingerprint density at radius 3 is 2.56 bits per heavy atom. The number of carbonyl (C=O) groups excluding carboxylic acids is 1. The molecular weight excluding hydrogens is 230 g/mol. The summed E-state index contributed by atoms with van der Waals surface area (Å²) < 4.78 is 0. The molecule has 5 heteroatoms. The van der Waals surface area contributed by atoms with Crippen molar-refractivity contribution < 1.29 is 9.90 Å². The van der Waals surface area contributed by atoms with E-state index in [0.29, 0.717) is 11.1 Å². The third-order valence-corrected chi connectivity index (χ3v) is 2.73. The smallest absolute Gasteiger partial charge is 0.251 e. The molecule has 0 fully saturated rings. The Bertz CT molecular complexity index is 596. The van der Waals surface area contributed by atoms with Gasteiger partial charge in [-0.1, -0.05) is 0 Å². The molecule has 0 bridgehead atoms. The molecule has 0 saturated carbocycles. The second-order valence-corrected chi connectivity index (χ2v) is 4.08. The van der Waals surface area contributed by atoms with Crippen LogP contribution in [0.3, 0.4) is 0 Å². The summed E-state index contributed by atoms with van der Waals surface area (Å²) in [6.45, 7) is 3.97. The number of carbonyl (C=O) groups is 1. The number of aliphatic hydroxyl groups excluding tert-OH is 1. The van der Waals surface area contributed by atoms with Crippen LogP contribution in [0.2, 0.25) is 0 Å². The molecule has 0 aliphatic carbocycles. The van der Waals surface area contributed by atoms with Gasteiger partial charge in [0.05, 0.1) is 29.0 Å². The van der Waals surface area contributed by atoms with Gasteiger partial charge in [0, 0.05) is 12.1 Å². The molecule has 0 aliphatic heterocycles. The lowest BCUT2D eigenvalue weighted by Crippen LogP contribution is -2.26. The number of fused-ring (bicyclic) bond motifs is 1. The number of benzene rings is 1. The van der Waals surface area contributed by atoms with Gasteiger partial charge < -0.3 is 10.4 Å². The molecule has 0 radical (unpaired) electrons. The van der Waals surface area contributed by atoms with Gasteiger partial charge in [-0.15, -0.1) is 0 Å². The third-order valence-electron chi connectivity index (χ3n) is 2.73. The van der Waals surface area contributed by atoms with E-state index >= 15 is 0 Å². The summed E-state index contributed by atoms with van der Waals surface area (Å²) in [5, 5.41) is 11.3. The minimum Gasteiger partial charge on any atom is -0.395 e. The normalized spacial score (nSPS) is 10.6. The average Bonchev–Trinajstić information content (AvgIpc) is 2.36. The second-order valence-electron chi connectivity index (χ2n) is 4.08. The van der Waals surface area contributed by atoms with Crippen molar-refractivity contribution in [1.82, 2.24) is 15.3 Å². The standard InChI is InChI=1S/C13H15N3O2/c1-8-9(2)16-12-7-10(3-4-11(12)15-8)13(18)14-5-6-17/h3-4,7,17H,5-6H2,1-2H3,(H,14,18). The number of nitrogens with one attached hydrogen (secondary N) is 1. The van der Waals surface area contributed by atoms with Crippen molar-refractivity contribution in [2.24, 2.45) is 0 Å². The maximum atomic E-state index is 11.7. The molecule has 2 rings (SSSR count). The Balaban J connectivity index is 2.38. The van der Waals surface area contributed by atoms with Crippen LogP contribution in [0.5, 0.6) is 0 Å². The van der Waals surface area contributed by atoms with E-state index in [1.165, 1.54) is 0 Å². The van der Waals surface area contributed by atoms with E-state index in [0.717, 1.165) is 16.9 Å². The maximum absolute atomic E-state index is 11.7. The molecule has 2 N–H and O–H groups in total. The average molecular weight is 245 g/mol. The number of aromatic nitrogens is 2. The fourth-order valence-electron chi connectivity index (χ4n) is 1.64. The molecule has 94 valence electrons. The summed E-state index contributed by atoms with van der Waals surface area (Å²) in [6.07, 6.45) is 0. The molecule has 1 amide bonds. The van der Waals surface area contributed by atoms with Gasteiger partial charge >= 0.3 is 0 Å². The fraction of sp³-hybridized carbons (Fsp3) is 0.308. The largest absolute Gasteiger partial charge is 0.395 e. The quantitative estimate of drug-likeness (QED) is 0.845. The second kappa shape index (κ2) is 5.10. The fourth-order valence-corrected chi connectivity index (χ4v) is 1.64. The Labute approximate surface area is 105 Å². The highest BCUT2D eigenvalue weighted by Gasteiger charge is 2.07. The summed E-state index contributed by atoms with van der Waals surface area (Å²) in [5.74, 6) is -0.217. The molecule has 5 nitrogen and oxygen atoms in total. The van der Waals surface area contributed by atoms with E-state index < -0.39 is 0 Å². The van der Waals surface area contributed by atoms with Crippen molar-refractivity contribution in [2.75, 3.05) is 13.2 Å². The highest BCUT2D eigenvalue weighted by Crippen LogP contribution is 2.14. The maximum Gasteiger partial charge on any atom is 0.251 e. The first-order valence-corrected chi connectivity index (χ1v) is 5.76. The molecule has 0 atom stereocenters. The van der Waals surface area contributed by atoms with Gasteiger partial charge in [-0.3, -0.25) is 4.79 Å². The van der Waals surface area contributed by atoms with Gasteiger partial charge in [0.1, 0.15) is 0 Å². The van der Waals surface area contributed by atoms with Crippen molar-refractivity contribution in [1.29, 1.82) is 0 Å². The lowest BCUT2D eigenvalue weighted by Gasteiger charge is -2.06. The first-order valence-electron chi connectivity index (χ1n) is 5.76. The van der Waals surface area contributed by atoms with Crippen molar-refractivity contribution in [3.8, 4) is 0 Å². The van der Waals surface area contributed by atoms with Crippen LogP contribution in [0.25, 0.3) is 11.0 Å². The lowest BCUT2D eigenvalue weighted by molar-refractivity contribution is 0.0945. The molecular formula is C13H15N3O2. The Kier molecular flexibility index (Phi) is 3.53. The number of aryl methyl sites for hydroxylation is 2. The summed E-state index contributed by atoms with van der Waals surface area (Å²) in [7, 11) is 0. The van der Waals surface area contributed by atoms with Crippen molar-refractivity contribution >= 4 is 16.9 Å². The number of hydrogen-bond donors (Lipinski definition) is 2. The van der Waals surface area contributed by atoms with Gasteiger partial charge in [0.2, 0.25) is 0 Å². The Morgan fingerprint density at radius 1 is 1.22 bits per heavy atom. The highest BCUT2D eigenvalue weighted by molar-refractivity contribution is 5.97. The molecule has 0 saturated heterocycles. The minimum absolute atomic E-state index is 0.0720. The molecule has 1 heterocycles. The minimum atomic E-state index is -0.217. The van der Waals surface area contributed by atoms with Gasteiger partial charge in [0.15, 0.2) is 0 Å². The molecule has 1 aromatic heterocycles. The first kappa shape index (κ1) is 12.4. The molecule has 2 aromatic rings. The van der Waals surface area contributed by atoms with Crippen LogP contribution >= 0.6 is 0 Å².